The van der Waals surface area contributed by atoms with E-state index in [1.807, 2.05) is 41.4 Å². The number of rotatable bonds is 11. The highest BCUT2D eigenvalue weighted by Crippen LogP contribution is 2.75. The Morgan fingerprint density at radius 3 is 2.42 bits per heavy atom. The lowest BCUT2D eigenvalue weighted by Crippen LogP contribution is -2.60. The summed E-state index contributed by atoms with van der Waals surface area (Å²) in [5.41, 5.74) is 6.92. The fourth-order valence-electron chi connectivity index (χ4n) is 13.4. The Kier molecular flexibility index (Phi) is 8.79. The number of aromatic carboxylic acids is 1. The van der Waals surface area contributed by atoms with E-state index < -0.39 is 5.97 Å². The van der Waals surface area contributed by atoms with Crippen LogP contribution in [-0.4, -0.2) is 72.1 Å². The van der Waals surface area contributed by atoms with E-state index in [9.17, 15) is 9.90 Å². The van der Waals surface area contributed by atoms with E-state index in [-0.39, 0.29) is 11.1 Å². The smallest absolute Gasteiger partial charge is 0.355 e. The van der Waals surface area contributed by atoms with Crippen LogP contribution in [0.4, 0.5) is 22.6 Å². The van der Waals surface area contributed by atoms with Crippen molar-refractivity contribution in [3.63, 3.8) is 0 Å². The van der Waals surface area contributed by atoms with E-state index in [2.05, 4.69) is 58.9 Å². The molecule has 0 spiro atoms. The second-order valence-corrected chi connectivity index (χ2v) is 20.4. The van der Waals surface area contributed by atoms with E-state index in [1.54, 1.807) is 11.3 Å². The van der Waals surface area contributed by atoms with Crippen molar-refractivity contribution in [3.05, 3.63) is 65.1 Å². The molecule has 11 nitrogen and oxygen atoms in total. The number of aromatic nitrogens is 6. The summed E-state index contributed by atoms with van der Waals surface area (Å²) in [7, 11) is 0. The van der Waals surface area contributed by atoms with Crippen molar-refractivity contribution < 1.29 is 9.90 Å². The number of likely N-dealkylation sites (tertiary alicyclic amines) is 1. The number of carboxylic acids is 1. The van der Waals surface area contributed by atoms with Crippen molar-refractivity contribution in [1.29, 1.82) is 0 Å². The van der Waals surface area contributed by atoms with Gasteiger partial charge in [-0.05, 0) is 156 Å². The summed E-state index contributed by atoms with van der Waals surface area (Å²) in [4.78, 5) is 27.2. The Hall–Kier alpha value is -4.42. The Bertz CT molecular complexity index is 2330. The third kappa shape index (κ3) is 6.60. The summed E-state index contributed by atoms with van der Waals surface area (Å²) in [5.74, 6) is 0.918. The maximum Gasteiger partial charge on any atom is 0.355 e. The van der Waals surface area contributed by atoms with Crippen LogP contribution in [0.2, 0.25) is 0 Å². The molecule has 6 heterocycles. The second kappa shape index (κ2) is 13.6. The van der Waals surface area contributed by atoms with E-state index in [1.165, 1.54) is 83.8 Å². The zero-order valence-electron chi connectivity index (χ0n) is 33.9. The largest absolute Gasteiger partial charge is 0.476 e. The lowest BCUT2D eigenvalue weighted by atomic mass is 9.35. The van der Waals surface area contributed by atoms with Crippen LogP contribution in [0.3, 0.4) is 0 Å². The molecule has 2 atom stereocenters. The monoisotopic (exact) mass is 785 g/mol. The average Bonchev–Trinajstić information content (AvgIpc) is 3.91. The molecule has 4 bridgehead atoms. The molecule has 1 aromatic carbocycles. The molecule has 11 rings (SSSR count). The molecular formula is C45H55N9O2S. The Morgan fingerprint density at radius 1 is 0.877 bits per heavy atom. The minimum atomic E-state index is -1.05. The topological polar surface area (TPSA) is 125 Å². The number of hydrogen-bond acceptors (Lipinski definition) is 10. The van der Waals surface area contributed by atoms with Gasteiger partial charge in [0.05, 0.1) is 16.4 Å². The van der Waals surface area contributed by atoms with Gasteiger partial charge in [-0.2, -0.15) is 5.10 Å². The fourth-order valence-corrected chi connectivity index (χ4v) is 14.3. The van der Waals surface area contributed by atoms with Crippen LogP contribution in [0.15, 0.2) is 42.6 Å². The van der Waals surface area contributed by atoms with Crippen molar-refractivity contribution in [1.82, 2.24) is 34.8 Å². The SMILES string of the molecule is Cc1c(Nc2nc3ccccc3s2)nnc2c1CCCN2c1ccc(-c2cnn(CC34CC5(C)CC(C)(CC(CCCN6CCCC6)(C5)C3)C4)c2C)c(C(=O)O)n1. The van der Waals surface area contributed by atoms with Crippen molar-refractivity contribution in [2.45, 2.75) is 111 Å². The highest BCUT2D eigenvalue weighted by atomic mass is 32.1. The minimum Gasteiger partial charge on any atom is -0.476 e. The molecule has 4 aliphatic carbocycles. The third-order valence-electron chi connectivity index (χ3n) is 14.3. The molecule has 57 heavy (non-hydrogen) atoms. The molecule has 4 aromatic heterocycles. The molecule has 2 aliphatic heterocycles. The van der Waals surface area contributed by atoms with Crippen LogP contribution in [0.25, 0.3) is 21.3 Å². The number of benzene rings is 1. The maximum atomic E-state index is 13.0. The van der Waals surface area contributed by atoms with Crippen LogP contribution in [0.1, 0.15) is 112 Å². The zero-order chi connectivity index (χ0) is 39.2. The minimum absolute atomic E-state index is 0.0351. The lowest BCUT2D eigenvalue weighted by Gasteiger charge is -2.70. The fraction of sp³-hybridized carbons (Fsp3) is 0.556. The zero-order valence-corrected chi connectivity index (χ0v) is 34.7. The molecule has 0 amide bonds. The van der Waals surface area contributed by atoms with Crippen LogP contribution < -0.4 is 10.2 Å². The highest BCUT2D eigenvalue weighted by molar-refractivity contribution is 7.22. The molecule has 12 heteroatoms. The first kappa shape index (κ1) is 36.9. The Labute approximate surface area is 339 Å². The normalized spacial score (nSPS) is 28.0. The number of nitrogens with zero attached hydrogens (tertiary/aromatic N) is 8. The van der Waals surface area contributed by atoms with Gasteiger partial charge < -0.3 is 20.2 Å². The van der Waals surface area contributed by atoms with Crippen molar-refractivity contribution in [3.8, 4) is 11.1 Å². The van der Waals surface area contributed by atoms with Crippen molar-refractivity contribution >= 4 is 50.1 Å². The van der Waals surface area contributed by atoms with E-state index in [4.69, 9.17) is 15.1 Å². The van der Waals surface area contributed by atoms with Crippen LogP contribution in [0.5, 0.6) is 0 Å². The molecule has 1 saturated heterocycles. The van der Waals surface area contributed by atoms with Crippen LogP contribution >= 0.6 is 11.3 Å². The number of thiazole rings is 1. The number of carbonyl (C=O) groups is 1. The number of para-hydroxylation sites is 1. The summed E-state index contributed by atoms with van der Waals surface area (Å²) in [6, 6.07) is 11.9. The second-order valence-electron chi connectivity index (χ2n) is 19.3. The van der Waals surface area contributed by atoms with Gasteiger partial charge in [0.2, 0.25) is 0 Å². The van der Waals surface area contributed by atoms with Crippen molar-refractivity contribution in [2.75, 3.05) is 36.4 Å². The maximum absolute atomic E-state index is 13.0. The van der Waals surface area contributed by atoms with Crippen LogP contribution in [0, 0.1) is 35.5 Å². The predicted molar refractivity (Wildman–Crippen MR) is 226 cm³/mol. The summed E-state index contributed by atoms with van der Waals surface area (Å²) < 4.78 is 3.31. The molecule has 4 saturated carbocycles. The quantitative estimate of drug-likeness (QED) is 0.134. The first-order valence-electron chi connectivity index (χ1n) is 21.2. The Balaban J connectivity index is 0.906. The number of pyridine rings is 1. The van der Waals surface area contributed by atoms with Crippen molar-refractivity contribution in [2.24, 2.45) is 21.7 Å². The standard InChI is InChI=1S/C45H55N9O2S/c1-29-31-11-9-20-53(39(31)51-50-38(29)49-41-47-34-12-5-6-13-35(34)57-41)36-15-14-32(37(48-36)40(55)56)33-21-46-54(30(33)2)28-45-25-42(3)22-43(4,26-45)24-44(23-42,27-45)16-10-19-52-17-7-8-18-52/h5-6,12-15,21H,7-11,16-20,22-28H2,1-4H3,(H,55,56)(H,47,49,50). The summed E-state index contributed by atoms with van der Waals surface area (Å²) >= 11 is 1.59. The van der Waals surface area contributed by atoms with E-state index in [0.717, 1.165) is 62.9 Å². The molecule has 298 valence electrons. The molecule has 5 fully saturated rings. The van der Waals surface area contributed by atoms with Gasteiger partial charge in [0, 0.05) is 41.0 Å². The highest BCUT2D eigenvalue weighted by Gasteiger charge is 2.65. The Morgan fingerprint density at radius 2 is 1.65 bits per heavy atom. The number of hydrogen-bond donors (Lipinski definition) is 2. The lowest BCUT2D eigenvalue weighted by molar-refractivity contribution is -0.198. The number of carboxylic acid groups (broad SMARTS) is 1. The predicted octanol–water partition coefficient (Wildman–Crippen LogP) is 9.73. The van der Waals surface area contributed by atoms with Gasteiger partial charge in [-0.3, -0.25) is 4.68 Å². The van der Waals surface area contributed by atoms with Crippen LogP contribution in [-0.2, 0) is 13.0 Å². The van der Waals surface area contributed by atoms with Gasteiger partial charge in [-0.15, -0.1) is 10.2 Å². The molecule has 6 aliphatic rings. The first-order valence-corrected chi connectivity index (χ1v) is 22.0. The molecule has 0 radical (unpaired) electrons. The molecule has 5 aromatic rings. The number of nitrogens with one attached hydrogen (secondary N) is 1. The summed E-state index contributed by atoms with van der Waals surface area (Å²) in [6.07, 6.45) is 16.9. The van der Waals surface area contributed by atoms with Gasteiger partial charge in [0.25, 0.3) is 0 Å². The summed E-state index contributed by atoms with van der Waals surface area (Å²) in [5, 5.41) is 29.1. The summed E-state index contributed by atoms with van der Waals surface area (Å²) in [6.45, 7) is 14.7. The average molecular weight is 786 g/mol. The molecular weight excluding hydrogens is 731 g/mol. The molecule has 2 N–H and O–H groups in total. The van der Waals surface area contributed by atoms with Gasteiger partial charge in [0.15, 0.2) is 22.5 Å². The number of anilines is 4. The first-order chi connectivity index (χ1) is 27.4. The van der Waals surface area contributed by atoms with Gasteiger partial charge in [-0.25, -0.2) is 14.8 Å². The van der Waals surface area contributed by atoms with Gasteiger partial charge in [-0.1, -0.05) is 37.3 Å². The third-order valence-corrected chi connectivity index (χ3v) is 15.3. The van der Waals surface area contributed by atoms with E-state index in [0.29, 0.717) is 40.0 Å². The van der Waals surface area contributed by atoms with Gasteiger partial charge >= 0.3 is 5.97 Å². The van der Waals surface area contributed by atoms with Gasteiger partial charge in [0.1, 0.15) is 5.82 Å². The molecule has 2 unspecified atom stereocenters. The number of fused-ring (bicyclic) bond motifs is 2. The van der Waals surface area contributed by atoms with E-state index >= 15 is 0 Å².